The monoisotopic (exact) mass is 542 g/mol. The minimum atomic E-state index is -1.10. The van der Waals surface area contributed by atoms with Gasteiger partial charge in [-0.2, -0.15) is 0 Å². The number of aryl methyl sites for hydroxylation is 1. The standard InChI is InChI=1S/C32H34N2O6/c1-16-7-9-19(33-28(16)30(37)38)18-8-10-21(39-6)24(17(18)2)27-25-20(35)13-32(11-12-32)15-23(25)40-22-14-31(3,4)34(5)29(36)26(22)27/h7-10,27H,11-15H2,1-6H3,(H,37,38)/t27-/m0/s1. The molecule has 0 radical (unpaired) electrons. The number of Topliss-reactive ketones (excluding diaryl/α,β-unsaturated/α-hetero) is 1. The first-order valence-corrected chi connectivity index (χ1v) is 13.7. The first-order chi connectivity index (χ1) is 18.9. The van der Waals surface area contributed by atoms with Crippen LogP contribution in [0.4, 0.5) is 0 Å². The van der Waals surface area contributed by atoms with Crippen LogP contribution in [0.25, 0.3) is 11.3 Å². The molecular formula is C32H34N2O6. The van der Waals surface area contributed by atoms with E-state index >= 15 is 0 Å². The minimum absolute atomic E-state index is 0.0150. The number of aromatic carboxylic acids is 1. The second kappa shape index (κ2) is 8.78. The summed E-state index contributed by atoms with van der Waals surface area (Å²) in [6.45, 7) is 7.66. The molecule has 1 amide bonds. The normalized spacial score (nSPS) is 22.6. The summed E-state index contributed by atoms with van der Waals surface area (Å²) in [6, 6.07) is 7.20. The van der Waals surface area contributed by atoms with Gasteiger partial charge in [0.25, 0.3) is 5.91 Å². The number of likely N-dealkylation sites (N-methyl/N-ethyl adjacent to an activating group) is 1. The largest absolute Gasteiger partial charge is 0.496 e. The number of rotatable bonds is 4. The van der Waals surface area contributed by atoms with Crippen molar-refractivity contribution in [2.45, 2.75) is 71.3 Å². The number of ketones is 1. The van der Waals surface area contributed by atoms with Gasteiger partial charge in [0, 0.05) is 48.5 Å². The van der Waals surface area contributed by atoms with Crippen LogP contribution in [0, 0.1) is 19.3 Å². The molecule has 1 aromatic heterocycles. The van der Waals surface area contributed by atoms with Gasteiger partial charge in [0.05, 0.1) is 24.3 Å². The summed E-state index contributed by atoms with van der Waals surface area (Å²) in [7, 11) is 3.37. The lowest BCUT2D eigenvalue weighted by Gasteiger charge is -2.46. The van der Waals surface area contributed by atoms with Gasteiger partial charge in [-0.25, -0.2) is 9.78 Å². The molecule has 1 atom stereocenters. The molecule has 2 aliphatic heterocycles. The fourth-order valence-corrected chi connectivity index (χ4v) is 6.59. The van der Waals surface area contributed by atoms with E-state index in [1.165, 1.54) is 0 Å². The molecule has 3 heterocycles. The van der Waals surface area contributed by atoms with Crippen molar-refractivity contribution in [3.8, 4) is 17.0 Å². The van der Waals surface area contributed by atoms with E-state index in [0.717, 1.165) is 18.4 Å². The van der Waals surface area contributed by atoms with Gasteiger partial charge in [-0.1, -0.05) is 6.07 Å². The molecule has 40 heavy (non-hydrogen) atoms. The molecule has 8 heteroatoms. The molecule has 1 spiro atoms. The number of carbonyl (C=O) groups excluding carboxylic acids is 2. The molecule has 2 aliphatic carbocycles. The summed E-state index contributed by atoms with van der Waals surface area (Å²) < 4.78 is 12.4. The Morgan fingerprint density at radius 3 is 2.40 bits per heavy atom. The third-order valence-corrected chi connectivity index (χ3v) is 9.35. The number of methoxy groups -OCH3 is 1. The number of pyridine rings is 1. The van der Waals surface area contributed by atoms with E-state index in [2.05, 4.69) is 4.98 Å². The smallest absolute Gasteiger partial charge is 0.354 e. The molecule has 1 saturated carbocycles. The van der Waals surface area contributed by atoms with Gasteiger partial charge in [-0.15, -0.1) is 0 Å². The molecule has 0 bridgehead atoms. The van der Waals surface area contributed by atoms with Gasteiger partial charge in [0.2, 0.25) is 0 Å². The highest BCUT2D eigenvalue weighted by Crippen LogP contribution is 2.61. The summed E-state index contributed by atoms with van der Waals surface area (Å²) in [5.41, 5.74) is 3.80. The molecule has 6 rings (SSSR count). The highest BCUT2D eigenvalue weighted by Gasteiger charge is 2.55. The average Bonchev–Trinajstić information content (AvgIpc) is 3.63. The zero-order valence-corrected chi connectivity index (χ0v) is 23.8. The van der Waals surface area contributed by atoms with Crippen molar-refractivity contribution in [3.05, 3.63) is 69.3 Å². The van der Waals surface area contributed by atoms with Crippen LogP contribution in [-0.4, -0.2) is 52.3 Å². The quantitative estimate of drug-likeness (QED) is 0.545. The first kappa shape index (κ1) is 26.3. The number of hydrogen-bond acceptors (Lipinski definition) is 6. The molecule has 0 saturated heterocycles. The molecule has 2 aromatic rings. The van der Waals surface area contributed by atoms with E-state index in [4.69, 9.17) is 9.47 Å². The summed E-state index contributed by atoms with van der Waals surface area (Å²) in [5, 5.41) is 9.69. The first-order valence-electron chi connectivity index (χ1n) is 13.7. The summed E-state index contributed by atoms with van der Waals surface area (Å²) in [4.78, 5) is 46.0. The zero-order valence-electron chi connectivity index (χ0n) is 23.8. The Kier molecular flexibility index (Phi) is 5.77. The van der Waals surface area contributed by atoms with Crippen molar-refractivity contribution in [1.82, 2.24) is 9.88 Å². The lowest BCUT2D eigenvalue weighted by Crippen LogP contribution is -2.51. The lowest BCUT2D eigenvalue weighted by atomic mass is 9.69. The fraction of sp³-hybridized carbons (Fsp3) is 0.438. The van der Waals surface area contributed by atoms with Crippen molar-refractivity contribution in [2.24, 2.45) is 5.41 Å². The van der Waals surface area contributed by atoms with Crippen LogP contribution in [0.2, 0.25) is 0 Å². The number of amides is 1. The molecule has 1 fully saturated rings. The summed E-state index contributed by atoms with van der Waals surface area (Å²) >= 11 is 0. The van der Waals surface area contributed by atoms with E-state index < -0.39 is 17.4 Å². The lowest BCUT2D eigenvalue weighted by molar-refractivity contribution is -0.133. The van der Waals surface area contributed by atoms with Crippen LogP contribution in [0.1, 0.15) is 79.0 Å². The minimum Gasteiger partial charge on any atom is -0.496 e. The van der Waals surface area contributed by atoms with Gasteiger partial charge in [0.1, 0.15) is 17.3 Å². The predicted octanol–water partition coefficient (Wildman–Crippen LogP) is 5.48. The number of aromatic nitrogens is 1. The van der Waals surface area contributed by atoms with Crippen LogP contribution < -0.4 is 4.74 Å². The Bertz CT molecular complexity index is 1580. The Morgan fingerprint density at radius 1 is 1.05 bits per heavy atom. The molecular weight excluding hydrogens is 508 g/mol. The van der Waals surface area contributed by atoms with Crippen molar-refractivity contribution < 1.29 is 29.0 Å². The van der Waals surface area contributed by atoms with Gasteiger partial charge < -0.3 is 19.5 Å². The number of ether oxygens (including phenoxy) is 2. The van der Waals surface area contributed by atoms with Gasteiger partial charge in [-0.3, -0.25) is 9.59 Å². The van der Waals surface area contributed by atoms with E-state index in [1.807, 2.05) is 32.9 Å². The molecule has 1 N–H and O–H groups in total. The number of carboxylic acid groups (broad SMARTS) is 1. The Morgan fingerprint density at radius 2 is 1.75 bits per heavy atom. The van der Waals surface area contributed by atoms with Crippen molar-refractivity contribution >= 4 is 17.7 Å². The highest BCUT2D eigenvalue weighted by atomic mass is 16.5. The maximum atomic E-state index is 14.0. The SMILES string of the molecule is COc1ccc(-c2ccc(C)c(C(=O)O)n2)c(C)c1[C@H]1C2=C(CC3(CC3)CC2=O)OC2=C1C(=O)N(C)C(C)(C)C2. The van der Waals surface area contributed by atoms with E-state index in [0.29, 0.717) is 70.1 Å². The maximum absolute atomic E-state index is 14.0. The number of benzene rings is 1. The van der Waals surface area contributed by atoms with Crippen molar-refractivity contribution in [3.63, 3.8) is 0 Å². The Hall–Kier alpha value is -3.94. The Balaban J connectivity index is 1.61. The van der Waals surface area contributed by atoms with Crippen LogP contribution in [0.5, 0.6) is 5.75 Å². The van der Waals surface area contributed by atoms with Crippen molar-refractivity contribution in [1.29, 1.82) is 0 Å². The summed E-state index contributed by atoms with van der Waals surface area (Å²) in [6.07, 6.45) is 3.68. The second-order valence-corrected chi connectivity index (χ2v) is 12.4. The average molecular weight is 543 g/mol. The topological polar surface area (TPSA) is 106 Å². The van der Waals surface area contributed by atoms with Gasteiger partial charge >= 0.3 is 5.97 Å². The maximum Gasteiger partial charge on any atom is 0.354 e. The van der Waals surface area contributed by atoms with Crippen molar-refractivity contribution in [2.75, 3.05) is 14.2 Å². The van der Waals surface area contributed by atoms with Gasteiger partial charge in [0.15, 0.2) is 11.5 Å². The number of carbonyl (C=O) groups is 3. The zero-order chi connectivity index (χ0) is 28.7. The van der Waals surface area contributed by atoms with E-state index in [1.54, 1.807) is 38.1 Å². The summed E-state index contributed by atoms with van der Waals surface area (Å²) in [5.74, 6) is -0.0558. The molecule has 0 unspecified atom stereocenters. The fourth-order valence-electron chi connectivity index (χ4n) is 6.59. The van der Waals surface area contributed by atoms with E-state index in [9.17, 15) is 19.5 Å². The number of hydrogen-bond donors (Lipinski definition) is 1. The number of nitrogens with zero attached hydrogens (tertiary/aromatic N) is 2. The third kappa shape index (κ3) is 3.87. The number of carboxylic acids is 1. The van der Waals surface area contributed by atoms with Crippen LogP contribution in [0.15, 0.2) is 46.9 Å². The third-order valence-electron chi connectivity index (χ3n) is 9.35. The van der Waals surface area contributed by atoms with E-state index in [-0.39, 0.29) is 22.8 Å². The van der Waals surface area contributed by atoms with Gasteiger partial charge in [-0.05, 0) is 75.3 Å². The molecule has 8 nitrogen and oxygen atoms in total. The Labute approximate surface area is 233 Å². The molecule has 1 aromatic carbocycles. The molecule has 4 aliphatic rings. The molecule has 208 valence electrons. The number of allylic oxidation sites excluding steroid dienone is 2. The van der Waals surface area contributed by atoms with Crippen LogP contribution >= 0.6 is 0 Å². The highest BCUT2D eigenvalue weighted by molar-refractivity contribution is 6.06. The van der Waals surface area contributed by atoms with Crippen LogP contribution in [-0.2, 0) is 14.3 Å². The van der Waals surface area contributed by atoms with Crippen LogP contribution in [0.3, 0.4) is 0 Å². The predicted molar refractivity (Wildman–Crippen MR) is 148 cm³/mol. The second-order valence-electron chi connectivity index (χ2n) is 12.4.